The second-order valence-corrected chi connectivity index (χ2v) is 7.97. The van der Waals surface area contributed by atoms with Gasteiger partial charge in [-0.05, 0) is 36.8 Å². The van der Waals surface area contributed by atoms with Crippen LogP contribution in [0.25, 0.3) is 10.1 Å². The van der Waals surface area contributed by atoms with E-state index < -0.39 is 5.60 Å². The molecule has 1 unspecified atom stereocenters. The molecule has 1 atom stereocenters. The predicted octanol–water partition coefficient (Wildman–Crippen LogP) is 4.20. The minimum Gasteiger partial charge on any atom is -0.383 e. The van der Waals surface area contributed by atoms with Gasteiger partial charge in [-0.3, -0.25) is 4.79 Å². The van der Waals surface area contributed by atoms with Gasteiger partial charge in [-0.1, -0.05) is 43.9 Å². The summed E-state index contributed by atoms with van der Waals surface area (Å²) in [5.74, 6) is 0.780. The fraction of sp³-hybridized carbons (Fsp3) is 0.526. The number of nitrogens with one attached hydrogen (secondary N) is 1. The molecule has 1 aromatic carbocycles. The number of amides is 1. The average molecular weight is 331 g/mol. The number of carbonyl (C=O) groups excluding carboxylic acids is 1. The summed E-state index contributed by atoms with van der Waals surface area (Å²) in [5.41, 5.74) is -1.02. The molecular formula is C19H25NO2S. The van der Waals surface area contributed by atoms with E-state index in [0.717, 1.165) is 27.3 Å². The third-order valence-electron chi connectivity index (χ3n) is 4.84. The summed E-state index contributed by atoms with van der Waals surface area (Å²) in [4.78, 5) is 12.9. The predicted molar refractivity (Wildman–Crippen MR) is 95.6 cm³/mol. The lowest BCUT2D eigenvalue weighted by atomic mass is 10.0. The summed E-state index contributed by atoms with van der Waals surface area (Å²) in [6, 6.07) is 10.1. The first-order valence-corrected chi connectivity index (χ1v) is 9.34. The average Bonchev–Trinajstić information content (AvgIpc) is 3.20. The van der Waals surface area contributed by atoms with Gasteiger partial charge in [0.2, 0.25) is 5.91 Å². The van der Waals surface area contributed by atoms with Crippen LogP contribution < -0.4 is 5.32 Å². The number of hydrogen-bond donors (Lipinski definition) is 2. The van der Waals surface area contributed by atoms with Crippen LogP contribution in [0, 0.1) is 5.92 Å². The van der Waals surface area contributed by atoms with E-state index in [-0.39, 0.29) is 12.5 Å². The smallest absolute Gasteiger partial charge is 0.220 e. The Morgan fingerprint density at radius 3 is 2.83 bits per heavy atom. The molecule has 0 spiro atoms. The lowest BCUT2D eigenvalue weighted by Gasteiger charge is -2.22. The maximum Gasteiger partial charge on any atom is 0.220 e. The van der Waals surface area contributed by atoms with Crippen molar-refractivity contribution in [3.63, 3.8) is 0 Å². The Hall–Kier alpha value is -1.39. The summed E-state index contributed by atoms with van der Waals surface area (Å²) in [7, 11) is 0. The maximum atomic E-state index is 12.0. The molecule has 1 aliphatic rings. The molecule has 1 aliphatic carbocycles. The van der Waals surface area contributed by atoms with Gasteiger partial charge in [-0.25, -0.2) is 0 Å². The summed E-state index contributed by atoms with van der Waals surface area (Å²) >= 11 is 1.59. The molecule has 1 fully saturated rings. The van der Waals surface area contributed by atoms with E-state index in [0.29, 0.717) is 6.42 Å². The van der Waals surface area contributed by atoms with Gasteiger partial charge in [0.25, 0.3) is 0 Å². The Balaban J connectivity index is 1.54. The van der Waals surface area contributed by atoms with Crippen molar-refractivity contribution >= 4 is 27.3 Å². The van der Waals surface area contributed by atoms with Gasteiger partial charge in [0.05, 0.1) is 6.54 Å². The maximum absolute atomic E-state index is 12.0. The third kappa shape index (κ3) is 4.12. The lowest BCUT2D eigenvalue weighted by molar-refractivity contribution is -0.122. The molecule has 23 heavy (non-hydrogen) atoms. The van der Waals surface area contributed by atoms with E-state index in [2.05, 4.69) is 11.4 Å². The normalized spacial score (nSPS) is 18.2. The lowest BCUT2D eigenvalue weighted by Crippen LogP contribution is -2.38. The van der Waals surface area contributed by atoms with E-state index in [4.69, 9.17) is 0 Å². The third-order valence-corrected chi connectivity index (χ3v) is 6.21. The van der Waals surface area contributed by atoms with E-state index in [1.807, 2.05) is 24.3 Å². The highest BCUT2D eigenvalue weighted by Crippen LogP contribution is 2.33. The molecule has 0 bridgehead atoms. The van der Waals surface area contributed by atoms with Gasteiger partial charge in [-0.2, -0.15) is 0 Å². The van der Waals surface area contributed by atoms with Crippen LogP contribution in [-0.2, 0) is 10.4 Å². The van der Waals surface area contributed by atoms with Crippen molar-refractivity contribution in [2.75, 3.05) is 6.54 Å². The zero-order valence-corrected chi connectivity index (χ0v) is 14.5. The van der Waals surface area contributed by atoms with Crippen molar-refractivity contribution in [2.45, 2.75) is 51.0 Å². The Labute approximate surface area is 141 Å². The number of fused-ring (bicyclic) bond motifs is 1. The number of carbonyl (C=O) groups is 1. The van der Waals surface area contributed by atoms with Gasteiger partial charge in [0.15, 0.2) is 0 Å². The van der Waals surface area contributed by atoms with Crippen LogP contribution in [-0.4, -0.2) is 17.6 Å². The van der Waals surface area contributed by atoms with Crippen molar-refractivity contribution in [1.82, 2.24) is 5.32 Å². The van der Waals surface area contributed by atoms with Crippen LogP contribution >= 0.6 is 11.3 Å². The van der Waals surface area contributed by atoms with Crippen LogP contribution in [0.5, 0.6) is 0 Å². The van der Waals surface area contributed by atoms with Crippen LogP contribution in [0.1, 0.15) is 50.3 Å². The van der Waals surface area contributed by atoms with Crippen molar-refractivity contribution < 1.29 is 9.90 Å². The van der Waals surface area contributed by atoms with Crippen LogP contribution in [0.2, 0.25) is 0 Å². The van der Waals surface area contributed by atoms with Crippen LogP contribution in [0.15, 0.2) is 30.3 Å². The zero-order valence-electron chi connectivity index (χ0n) is 13.7. The zero-order chi connectivity index (χ0) is 16.3. The van der Waals surface area contributed by atoms with Crippen molar-refractivity contribution in [3.05, 3.63) is 35.2 Å². The second-order valence-electron chi connectivity index (χ2n) is 6.89. The second kappa shape index (κ2) is 7.02. The standard InChI is InChI=1S/C19H25NO2S/c1-19(22,17-12-15-8-4-5-9-16(15)23-17)13-20-18(21)11-10-14-6-2-3-7-14/h4-5,8-9,12,14,22H,2-3,6-7,10-11,13H2,1H3,(H,20,21). The number of rotatable bonds is 6. The molecule has 1 amide bonds. The molecular weight excluding hydrogens is 306 g/mol. The van der Waals surface area contributed by atoms with Crippen molar-refractivity contribution in [3.8, 4) is 0 Å². The fourth-order valence-electron chi connectivity index (χ4n) is 3.33. The van der Waals surface area contributed by atoms with Gasteiger partial charge in [0.1, 0.15) is 5.60 Å². The van der Waals surface area contributed by atoms with Crippen LogP contribution in [0.4, 0.5) is 0 Å². The Morgan fingerprint density at radius 1 is 1.35 bits per heavy atom. The molecule has 1 saturated carbocycles. The minimum atomic E-state index is -1.02. The largest absolute Gasteiger partial charge is 0.383 e. The topological polar surface area (TPSA) is 49.3 Å². The monoisotopic (exact) mass is 331 g/mol. The molecule has 124 valence electrons. The molecule has 1 heterocycles. The first-order chi connectivity index (χ1) is 11.0. The first kappa shape index (κ1) is 16.5. The van der Waals surface area contributed by atoms with E-state index in [1.54, 1.807) is 18.3 Å². The highest BCUT2D eigenvalue weighted by molar-refractivity contribution is 7.19. The molecule has 0 radical (unpaired) electrons. The fourth-order valence-corrected chi connectivity index (χ4v) is 4.43. The first-order valence-electron chi connectivity index (χ1n) is 8.53. The Bertz CT molecular complexity index is 638. The highest BCUT2D eigenvalue weighted by Gasteiger charge is 2.26. The van der Waals surface area contributed by atoms with Crippen molar-refractivity contribution in [1.29, 1.82) is 0 Å². The van der Waals surface area contributed by atoms with E-state index in [1.165, 1.54) is 25.7 Å². The minimum absolute atomic E-state index is 0.0540. The molecule has 0 saturated heterocycles. The number of hydrogen-bond acceptors (Lipinski definition) is 3. The van der Waals surface area contributed by atoms with Crippen molar-refractivity contribution in [2.24, 2.45) is 5.92 Å². The Kier molecular flexibility index (Phi) is 5.02. The molecule has 2 N–H and O–H groups in total. The summed E-state index contributed by atoms with van der Waals surface area (Å²) in [6.07, 6.45) is 6.73. The van der Waals surface area contributed by atoms with Gasteiger partial charge in [-0.15, -0.1) is 11.3 Å². The van der Waals surface area contributed by atoms with Gasteiger partial charge < -0.3 is 10.4 Å². The molecule has 0 aliphatic heterocycles. The van der Waals surface area contributed by atoms with Gasteiger partial charge in [0, 0.05) is 16.0 Å². The molecule has 2 aromatic rings. The highest BCUT2D eigenvalue weighted by atomic mass is 32.1. The molecule has 3 nitrogen and oxygen atoms in total. The molecule has 4 heteroatoms. The SMILES string of the molecule is CC(O)(CNC(=O)CCC1CCCC1)c1cc2ccccc2s1. The van der Waals surface area contributed by atoms with Crippen LogP contribution in [0.3, 0.4) is 0 Å². The molecule has 1 aromatic heterocycles. The summed E-state index contributed by atoms with van der Waals surface area (Å²) in [6.45, 7) is 2.04. The summed E-state index contributed by atoms with van der Waals surface area (Å²) in [5, 5.41) is 14.8. The summed E-state index contributed by atoms with van der Waals surface area (Å²) < 4.78 is 1.16. The van der Waals surface area contributed by atoms with E-state index >= 15 is 0 Å². The van der Waals surface area contributed by atoms with Gasteiger partial charge >= 0.3 is 0 Å². The molecule has 3 rings (SSSR count). The quantitative estimate of drug-likeness (QED) is 0.833. The van der Waals surface area contributed by atoms with E-state index in [9.17, 15) is 9.90 Å². The number of thiophene rings is 1. The Morgan fingerprint density at radius 2 is 2.09 bits per heavy atom. The number of aliphatic hydroxyl groups is 1. The number of benzene rings is 1.